The molecule has 26 heavy (non-hydrogen) atoms. The summed E-state index contributed by atoms with van der Waals surface area (Å²) in [5, 5.41) is 0. The van der Waals surface area contributed by atoms with Crippen molar-refractivity contribution in [2.24, 2.45) is 5.73 Å². The van der Waals surface area contributed by atoms with Crippen molar-refractivity contribution in [3.63, 3.8) is 0 Å². The summed E-state index contributed by atoms with van der Waals surface area (Å²) in [7, 11) is 0. The summed E-state index contributed by atoms with van der Waals surface area (Å²) in [6.45, 7) is 4.67. The van der Waals surface area contributed by atoms with Crippen LogP contribution < -0.4 is 10.5 Å². The van der Waals surface area contributed by atoms with E-state index in [0.29, 0.717) is 66.1 Å². The van der Waals surface area contributed by atoms with Gasteiger partial charge in [-0.05, 0) is 12.1 Å². The van der Waals surface area contributed by atoms with Crippen LogP contribution >= 0.6 is 0 Å². The van der Waals surface area contributed by atoms with Gasteiger partial charge in [0.1, 0.15) is 19.0 Å². The number of benzene rings is 1. The smallest absolute Gasteiger partial charge is 0.243 e. The van der Waals surface area contributed by atoms with Gasteiger partial charge in [0, 0.05) is 0 Å². The molecule has 0 unspecified atom stereocenters. The summed E-state index contributed by atoms with van der Waals surface area (Å²) in [5.41, 5.74) is 4.93. The highest BCUT2D eigenvalue weighted by Gasteiger charge is 1.96. The van der Waals surface area contributed by atoms with Gasteiger partial charge in [-0.1, -0.05) is 18.2 Å². The molecule has 0 aliphatic carbocycles. The van der Waals surface area contributed by atoms with E-state index in [9.17, 15) is 4.79 Å². The summed E-state index contributed by atoms with van der Waals surface area (Å²) in [6, 6.07) is 9.62. The second-order valence-corrected chi connectivity index (χ2v) is 5.13. The maximum atomic E-state index is 10.4. The van der Waals surface area contributed by atoms with Gasteiger partial charge in [0.25, 0.3) is 0 Å². The maximum Gasteiger partial charge on any atom is 0.243 e. The summed E-state index contributed by atoms with van der Waals surface area (Å²) < 4.78 is 31.8. The van der Waals surface area contributed by atoms with Gasteiger partial charge in [0.15, 0.2) is 0 Å². The summed E-state index contributed by atoms with van der Waals surface area (Å²) in [4.78, 5) is 10.4. The molecule has 0 spiro atoms. The van der Waals surface area contributed by atoms with Crippen LogP contribution in [0.2, 0.25) is 0 Å². The van der Waals surface area contributed by atoms with Crippen LogP contribution in [-0.2, 0) is 28.5 Å². The Bertz CT molecular complexity index is 444. The Morgan fingerprint density at radius 1 is 0.654 bits per heavy atom. The van der Waals surface area contributed by atoms with Crippen molar-refractivity contribution in [3.05, 3.63) is 30.3 Å². The molecule has 0 saturated carbocycles. The Balaban J connectivity index is 1.70. The van der Waals surface area contributed by atoms with E-state index in [2.05, 4.69) is 0 Å². The van der Waals surface area contributed by atoms with Crippen LogP contribution in [0.15, 0.2) is 30.3 Å². The molecule has 8 heteroatoms. The predicted octanol–water partition coefficient (Wildman–Crippen LogP) is 0.634. The van der Waals surface area contributed by atoms with Crippen molar-refractivity contribution in [3.8, 4) is 5.75 Å². The van der Waals surface area contributed by atoms with Crippen LogP contribution in [0.4, 0.5) is 0 Å². The molecule has 1 aromatic rings. The lowest BCUT2D eigenvalue weighted by Gasteiger charge is -2.08. The second-order valence-electron chi connectivity index (χ2n) is 5.13. The van der Waals surface area contributed by atoms with Crippen molar-refractivity contribution in [1.82, 2.24) is 0 Å². The number of para-hydroxylation sites is 1. The zero-order chi connectivity index (χ0) is 18.7. The first-order valence-corrected chi connectivity index (χ1v) is 8.64. The van der Waals surface area contributed by atoms with E-state index >= 15 is 0 Å². The molecule has 8 nitrogen and oxygen atoms in total. The highest BCUT2D eigenvalue weighted by atomic mass is 16.6. The highest BCUT2D eigenvalue weighted by molar-refractivity contribution is 5.74. The summed E-state index contributed by atoms with van der Waals surface area (Å²) >= 11 is 0. The fourth-order valence-corrected chi connectivity index (χ4v) is 1.79. The molecule has 0 fully saturated rings. The van der Waals surface area contributed by atoms with Crippen molar-refractivity contribution in [2.75, 3.05) is 72.7 Å². The van der Waals surface area contributed by atoms with E-state index in [4.69, 9.17) is 34.2 Å². The Morgan fingerprint density at radius 2 is 1.08 bits per heavy atom. The first kappa shape index (κ1) is 22.3. The Morgan fingerprint density at radius 3 is 1.54 bits per heavy atom. The molecule has 0 aliphatic rings. The predicted molar refractivity (Wildman–Crippen MR) is 95.2 cm³/mol. The highest BCUT2D eigenvalue weighted by Crippen LogP contribution is 2.07. The zero-order valence-electron chi connectivity index (χ0n) is 15.1. The number of nitrogens with two attached hydrogens (primary N) is 1. The number of hydrogen-bond acceptors (Lipinski definition) is 7. The molecule has 148 valence electrons. The number of hydrogen-bond donors (Lipinski definition) is 1. The van der Waals surface area contributed by atoms with Gasteiger partial charge in [-0.25, -0.2) is 0 Å². The number of rotatable bonds is 18. The Labute approximate surface area is 154 Å². The van der Waals surface area contributed by atoms with Gasteiger partial charge in [0.05, 0.1) is 59.5 Å². The minimum Gasteiger partial charge on any atom is -0.491 e. The molecule has 0 aromatic heterocycles. The van der Waals surface area contributed by atoms with Crippen LogP contribution in [0, 0.1) is 0 Å². The molecule has 0 saturated heterocycles. The normalized spacial score (nSPS) is 10.8. The average molecular weight is 371 g/mol. The molecular weight excluding hydrogens is 342 g/mol. The number of carbonyl (C=O) groups excluding carboxylic acids is 1. The van der Waals surface area contributed by atoms with Crippen LogP contribution in [0.1, 0.15) is 0 Å². The van der Waals surface area contributed by atoms with Gasteiger partial charge in [0.2, 0.25) is 5.91 Å². The Hall–Kier alpha value is -1.71. The first-order chi connectivity index (χ1) is 12.8. The lowest BCUT2D eigenvalue weighted by Crippen LogP contribution is -2.20. The van der Waals surface area contributed by atoms with Crippen LogP contribution in [0.25, 0.3) is 0 Å². The molecule has 1 amide bonds. The topological polar surface area (TPSA) is 98.5 Å². The van der Waals surface area contributed by atoms with Crippen molar-refractivity contribution < 1.29 is 33.2 Å². The first-order valence-electron chi connectivity index (χ1n) is 8.64. The maximum absolute atomic E-state index is 10.4. The molecule has 1 rings (SSSR count). The van der Waals surface area contributed by atoms with E-state index in [1.165, 1.54) is 0 Å². The SMILES string of the molecule is NC(=O)COCCOCCOCCOCCOCCOc1ccccc1. The third-order valence-corrected chi connectivity index (χ3v) is 2.97. The van der Waals surface area contributed by atoms with E-state index in [0.717, 1.165) is 5.75 Å². The number of primary amides is 1. The van der Waals surface area contributed by atoms with Gasteiger partial charge in [-0.2, -0.15) is 0 Å². The van der Waals surface area contributed by atoms with E-state index in [1.54, 1.807) is 0 Å². The zero-order valence-corrected chi connectivity index (χ0v) is 15.1. The summed E-state index contributed by atoms with van der Waals surface area (Å²) in [5.74, 6) is 0.353. The summed E-state index contributed by atoms with van der Waals surface area (Å²) in [6.07, 6.45) is 0. The molecule has 1 aromatic carbocycles. The standard InChI is InChI=1S/C18H29NO7/c19-18(20)16-25-13-12-23-9-8-21-6-7-22-10-11-24-14-15-26-17-4-2-1-3-5-17/h1-5H,6-16H2,(H2,19,20). The third-order valence-electron chi connectivity index (χ3n) is 2.97. The van der Waals surface area contributed by atoms with Crippen molar-refractivity contribution in [2.45, 2.75) is 0 Å². The van der Waals surface area contributed by atoms with E-state index in [1.807, 2.05) is 30.3 Å². The second kappa shape index (κ2) is 16.7. The Kier molecular flexibility index (Phi) is 14.4. The van der Waals surface area contributed by atoms with Crippen LogP contribution in [0.3, 0.4) is 0 Å². The molecular formula is C18H29NO7. The van der Waals surface area contributed by atoms with Crippen molar-refractivity contribution >= 4 is 5.91 Å². The van der Waals surface area contributed by atoms with Gasteiger partial charge in [-0.15, -0.1) is 0 Å². The quantitative estimate of drug-likeness (QED) is 0.378. The monoisotopic (exact) mass is 371 g/mol. The van der Waals surface area contributed by atoms with Crippen molar-refractivity contribution in [1.29, 1.82) is 0 Å². The molecule has 0 atom stereocenters. The van der Waals surface area contributed by atoms with E-state index < -0.39 is 5.91 Å². The minimum absolute atomic E-state index is 0.0824. The molecule has 0 heterocycles. The lowest BCUT2D eigenvalue weighted by molar-refractivity contribution is -0.123. The minimum atomic E-state index is -0.487. The molecule has 0 bridgehead atoms. The largest absolute Gasteiger partial charge is 0.491 e. The molecule has 0 radical (unpaired) electrons. The van der Waals surface area contributed by atoms with Crippen LogP contribution in [0.5, 0.6) is 5.75 Å². The number of amides is 1. The number of ether oxygens (including phenoxy) is 6. The lowest BCUT2D eigenvalue weighted by atomic mass is 10.3. The fraction of sp³-hybridized carbons (Fsp3) is 0.611. The fourth-order valence-electron chi connectivity index (χ4n) is 1.79. The van der Waals surface area contributed by atoms with Gasteiger partial charge >= 0.3 is 0 Å². The molecule has 0 aliphatic heterocycles. The molecule has 2 N–H and O–H groups in total. The van der Waals surface area contributed by atoms with Gasteiger partial charge in [-0.3, -0.25) is 4.79 Å². The number of carbonyl (C=O) groups is 1. The third kappa shape index (κ3) is 14.6. The van der Waals surface area contributed by atoms with Gasteiger partial charge < -0.3 is 34.2 Å². The van der Waals surface area contributed by atoms with Crippen LogP contribution in [-0.4, -0.2) is 78.6 Å². The average Bonchev–Trinajstić information content (AvgIpc) is 2.65. The van der Waals surface area contributed by atoms with E-state index in [-0.39, 0.29) is 6.61 Å².